The first-order chi connectivity index (χ1) is 11.6. The Morgan fingerprint density at radius 2 is 2.25 bits per heavy atom. The molecular formula is C17H22N4O2S. The van der Waals surface area contributed by atoms with Gasteiger partial charge in [0.05, 0.1) is 18.1 Å². The van der Waals surface area contributed by atoms with Crippen molar-refractivity contribution in [2.24, 2.45) is 5.92 Å². The highest BCUT2D eigenvalue weighted by molar-refractivity contribution is 7.17. The number of aromatic nitrogens is 2. The molecular weight excluding hydrogens is 324 g/mol. The summed E-state index contributed by atoms with van der Waals surface area (Å²) in [6.45, 7) is 0.327. The predicted molar refractivity (Wildman–Crippen MR) is 94.0 cm³/mol. The number of carbonyl (C=O) groups excluding carboxylic acids is 1. The van der Waals surface area contributed by atoms with Crippen LogP contribution in [-0.2, 0) is 11.3 Å². The maximum Gasteiger partial charge on any atom is 0.268 e. The summed E-state index contributed by atoms with van der Waals surface area (Å²) in [5.74, 6) is 1.27. The molecule has 7 heteroatoms. The van der Waals surface area contributed by atoms with Gasteiger partial charge in [0, 0.05) is 13.1 Å². The van der Waals surface area contributed by atoms with Gasteiger partial charge in [0.25, 0.3) is 5.56 Å². The van der Waals surface area contributed by atoms with Crippen LogP contribution in [0.4, 0.5) is 0 Å². The van der Waals surface area contributed by atoms with Gasteiger partial charge in [0.1, 0.15) is 10.5 Å². The molecule has 6 nitrogen and oxygen atoms in total. The number of nitrogens with zero attached hydrogens (tertiary/aromatic N) is 2. The first kappa shape index (κ1) is 15.8. The first-order valence-corrected chi connectivity index (χ1v) is 9.47. The average molecular weight is 346 g/mol. The van der Waals surface area contributed by atoms with Crippen molar-refractivity contribution in [3.05, 3.63) is 27.6 Å². The average Bonchev–Trinajstić information content (AvgIpc) is 3.20. The fourth-order valence-corrected chi connectivity index (χ4v) is 4.80. The molecule has 0 spiro atoms. The normalized spacial score (nSPS) is 26.5. The Bertz CT molecular complexity index is 800. The highest BCUT2D eigenvalue weighted by Crippen LogP contribution is 2.33. The van der Waals surface area contributed by atoms with Gasteiger partial charge in [0.15, 0.2) is 0 Å². The van der Waals surface area contributed by atoms with E-state index in [4.69, 9.17) is 0 Å². The second-order valence-electron chi connectivity index (χ2n) is 6.95. The van der Waals surface area contributed by atoms with Crippen LogP contribution < -0.4 is 10.9 Å². The Kier molecular flexibility index (Phi) is 4.14. The zero-order valence-corrected chi connectivity index (χ0v) is 14.6. The molecule has 3 heterocycles. The Labute approximate surface area is 144 Å². The lowest BCUT2D eigenvalue weighted by Gasteiger charge is -2.24. The smallest absolute Gasteiger partial charge is 0.268 e. The van der Waals surface area contributed by atoms with E-state index in [1.165, 1.54) is 37.0 Å². The quantitative estimate of drug-likeness (QED) is 0.889. The summed E-state index contributed by atoms with van der Waals surface area (Å²) >= 11 is 1.38. The Hall–Kier alpha value is -1.73. The summed E-state index contributed by atoms with van der Waals surface area (Å²) in [4.78, 5) is 33.7. The Morgan fingerprint density at radius 3 is 3.08 bits per heavy atom. The standard InChI is InChI=1S/C17H22N4O2S/c1-21(9-14-19-12-6-7-24-15(12)16(22)20-14)17(23)13-8-10-4-2-3-5-11(10)18-13/h6-7,10-11,13,18H,2-5,8-9H2,1H3,(H,19,20,22). The summed E-state index contributed by atoms with van der Waals surface area (Å²) in [6, 6.07) is 2.24. The molecule has 4 rings (SSSR count). The molecule has 0 aromatic carbocycles. The number of nitrogens with one attached hydrogen (secondary N) is 2. The van der Waals surface area contributed by atoms with E-state index < -0.39 is 0 Å². The monoisotopic (exact) mass is 346 g/mol. The third-order valence-electron chi connectivity index (χ3n) is 5.29. The first-order valence-electron chi connectivity index (χ1n) is 8.59. The number of amides is 1. The summed E-state index contributed by atoms with van der Waals surface area (Å²) in [6.07, 6.45) is 5.89. The zero-order chi connectivity index (χ0) is 16.7. The highest BCUT2D eigenvalue weighted by atomic mass is 32.1. The molecule has 0 radical (unpaired) electrons. The van der Waals surface area contributed by atoms with Crippen LogP contribution >= 0.6 is 11.3 Å². The van der Waals surface area contributed by atoms with Crippen molar-refractivity contribution in [3.8, 4) is 0 Å². The summed E-state index contributed by atoms with van der Waals surface area (Å²) in [7, 11) is 1.78. The van der Waals surface area contributed by atoms with Crippen molar-refractivity contribution in [2.45, 2.75) is 50.7 Å². The number of rotatable bonds is 3. The van der Waals surface area contributed by atoms with Crippen LogP contribution in [0.2, 0.25) is 0 Å². The molecule has 128 valence electrons. The molecule has 1 aliphatic carbocycles. The molecule has 1 aliphatic heterocycles. The molecule has 2 aromatic heterocycles. The third-order valence-corrected chi connectivity index (χ3v) is 6.19. The molecule has 3 atom stereocenters. The maximum absolute atomic E-state index is 12.7. The van der Waals surface area contributed by atoms with E-state index in [1.807, 2.05) is 11.4 Å². The third kappa shape index (κ3) is 2.86. The minimum Gasteiger partial charge on any atom is -0.337 e. The molecule has 2 N–H and O–H groups in total. The van der Waals surface area contributed by atoms with Crippen molar-refractivity contribution in [1.82, 2.24) is 20.2 Å². The van der Waals surface area contributed by atoms with Gasteiger partial charge in [-0.3, -0.25) is 9.59 Å². The van der Waals surface area contributed by atoms with Gasteiger partial charge < -0.3 is 15.2 Å². The minimum atomic E-state index is -0.129. The number of fused-ring (bicyclic) bond motifs is 2. The van der Waals surface area contributed by atoms with Crippen LogP contribution in [-0.4, -0.2) is 39.9 Å². The predicted octanol–water partition coefficient (Wildman–Crippen LogP) is 1.86. The molecule has 1 saturated carbocycles. The Balaban J connectivity index is 1.46. The maximum atomic E-state index is 12.7. The van der Waals surface area contributed by atoms with Crippen LogP contribution in [0.1, 0.15) is 37.9 Å². The van der Waals surface area contributed by atoms with Crippen LogP contribution in [0.3, 0.4) is 0 Å². The van der Waals surface area contributed by atoms with E-state index in [2.05, 4.69) is 15.3 Å². The minimum absolute atomic E-state index is 0.0949. The fourth-order valence-electron chi connectivity index (χ4n) is 4.08. The molecule has 2 aromatic rings. The van der Waals surface area contributed by atoms with Crippen molar-refractivity contribution in [2.75, 3.05) is 7.05 Å². The lowest BCUT2D eigenvalue weighted by molar-refractivity contribution is -0.132. The second-order valence-corrected chi connectivity index (χ2v) is 7.86. The number of hydrogen-bond acceptors (Lipinski definition) is 5. The van der Waals surface area contributed by atoms with Crippen LogP contribution in [0, 0.1) is 5.92 Å². The van der Waals surface area contributed by atoms with E-state index in [-0.39, 0.29) is 17.5 Å². The van der Waals surface area contributed by atoms with Crippen molar-refractivity contribution < 1.29 is 4.79 Å². The van der Waals surface area contributed by atoms with E-state index in [9.17, 15) is 9.59 Å². The number of H-pyrrole nitrogens is 1. The van der Waals surface area contributed by atoms with Gasteiger partial charge in [-0.05, 0) is 36.6 Å². The van der Waals surface area contributed by atoms with Gasteiger partial charge in [-0.15, -0.1) is 11.3 Å². The summed E-state index contributed by atoms with van der Waals surface area (Å²) in [5, 5.41) is 5.37. The zero-order valence-electron chi connectivity index (χ0n) is 13.7. The van der Waals surface area contributed by atoms with E-state index in [1.54, 1.807) is 11.9 Å². The second kappa shape index (κ2) is 6.29. The topological polar surface area (TPSA) is 78.1 Å². The van der Waals surface area contributed by atoms with E-state index in [0.717, 1.165) is 6.42 Å². The van der Waals surface area contributed by atoms with Crippen LogP contribution in [0.25, 0.3) is 10.2 Å². The van der Waals surface area contributed by atoms with Gasteiger partial charge in [0.2, 0.25) is 5.91 Å². The number of hydrogen-bond donors (Lipinski definition) is 2. The van der Waals surface area contributed by atoms with Crippen molar-refractivity contribution in [3.63, 3.8) is 0 Å². The molecule has 1 saturated heterocycles. The van der Waals surface area contributed by atoms with Crippen molar-refractivity contribution >= 4 is 27.5 Å². The lowest BCUT2D eigenvalue weighted by Crippen LogP contribution is -2.44. The van der Waals surface area contributed by atoms with Crippen LogP contribution in [0.5, 0.6) is 0 Å². The van der Waals surface area contributed by atoms with Gasteiger partial charge in [-0.1, -0.05) is 12.8 Å². The van der Waals surface area contributed by atoms with Crippen molar-refractivity contribution in [1.29, 1.82) is 0 Å². The van der Waals surface area contributed by atoms with Gasteiger partial charge in [-0.25, -0.2) is 4.98 Å². The summed E-state index contributed by atoms with van der Waals surface area (Å²) < 4.78 is 0.634. The number of carbonyl (C=O) groups is 1. The Morgan fingerprint density at radius 1 is 1.42 bits per heavy atom. The lowest BCUT2D eigenvalue weighted by atomic mass is 9.85. The molecule has 24 heavy (non-hydrogen) atoms. The molecule has 2 fully saturated rings. The van der Waals surface area contributed by atoms with Gasteiger partial charge in [-0.2, -0.15) is 0 Å². The molecule has 1 amide bonds. The fraction of sp³-hybridized carbons (Fsp3) is 0.588. The van der Waals surface area contributed by atoms with Gasteiger partial charge >= 0.3 is 0 Å². The molecule has 2 aliphatic rings. The summed E-state index contributed by atoms with van der Waals surface area (Å²) in [5.41, 5.74) is 0.570. The van der Waals surface area contributed by atoms with E-state index >= 15 is 0 Å². The molecule has 0 bridgehead atoms. The number of aromatic amines is 1. The highest BCUT2D eigenvalue weighted by Gasteiger charge is 2.39. The SMILES string of the molecule is CN(Cc1nc2ccsc2c(=O)[nH]1)C(=O)C1CC2CCCCC2N1. The number of thiophene rings is 1. The van der Waals surface area contributed by atoms with Crippen LogP contribution in [0.15, 0.2) is 16.2 Å². The molecule has 3 unspecified atom stereocenters. The van der Waals surface area contributed by atoms with E-state index in [0.29, 0.717) is 34.5 Å². The largest absolute Gasteiger partial charge is 0.337 e. The number of likely N-dealkylation sites (N-methyl/N-ethyl adjacent to an activating group) is 1.